The molecule has 0 aromatic carbocycles. The lowest BCUT2D eigenvalue weighted by atomic mass is 10.3. The van der Waals surface area contributed by atoms with Crippen LogP contribution in [0.15, 0.2) is 34.7 Å². The molecule has 20 heavy (non-hydrogen) atoms. The van der Waals surface area contributed by atoms with E-state index in [-0.39, 0.29) is 11.4 Å². The van der Waals surface area contributed by atoms with Gasteiger partial charge in [-0.2, -0.15) is 0 Å². The van der Waals surface area contributed by atoms with E-state index in [9.17, 15) is 8.42 Å². The number of sulfonamides is 1. The quantitative estimate of drug-likeness (QED) is 0.832. The molecule has 2 heterocycles. The molecule has 0 aliphatic rings. The van der Waals surface area contributed by atoms with Crippen molar-refractivity contribution in [3.8, 4) is 5.88 Å². The van der Waals surface area contributed by atoms with Gasteiger partial charge in [0.25, 0.3) is 0 Å². The molecule has 0 radical (unpaired) electrons. The average Bonchev–Trinajstić information content (AvgIpc) is 2.95. The second kappa shape index (κ2) is 6.31. The summed E-state index contributed by atoms with van der Waals surface area (Å²) in [5.41, 5.74) is 6.25. The van der Waals surface area contributed by atoms with Gasteiger partial charge in [0.2, 0.25) is 15.9 Å². The second-order valence-electron chi connectivity index (χ2n) is 3.98. The van der Waals surface area contributed by atoms with E-state index in [1.165, 1.54) is 18.4 Å². The molecule has 6 nitrogen and oxygen atoms in total. The first-order chi connectivity index (χ1) is 9.55. The predicted molar refractivity (Wildman–Crippen MR) is 77.0 cm³/mol. The van der Waals surface area contributed by atoms with Crippen LogP contribution in [0.1, 0.15) is 10.4 Å². The highest BCUT2D eigenvalue weighted by molar-refractivity contribution is 7.89. The molecule has 3 N–H and O–H groups in total. The Hall–Kier alpha value is -1.48. The summed E-state index contributed by atoms with van der Waals surface area (Å²) in [6.07, 6.45) is 1.57. The van der Waals surface area contributed by atoms with Crippen LogP contribution in [-0.4, -0.2) is 20.5 Å². The fourth-order valence-corrected chi connectivity index (χ4v) is 3.72. The van der Waals surface area contributed by atoms with Gasteiger partial charge < -0.3 is 10.5 Å². The summed E-state index contributed by atoms with van der Waals surface area (Å²) in [6.45, 7) is 0.511. The van der Waals surface area contributed by atoms with E-state index in [4.69, 9.17) is 10.5 Å². The predicted octanol–water partition coefficient (Wildman–Crippen LogP) is 1.09. The molecule has 0 aliphatic carbocycles. The first kappa shape index (κ1) is 14.9. The fraction of sp³-hybridized carbons (Fsp3) is 0.250. The molecule has 0 aliphatic heterocycles. The second-order valence-corrected chi connectivity index (χ2v) is 6.75. The minimum atomic E-state index is -3.52. The van der Waals surface area contributed by atoms with Crippen LogP contribution in [-0.2, 0) is 23.1 Å². The Bertz CT molecular complexity index is 683. The summed E-state index contributed by atoms with van der Waals surface area (Å²) in [7, 11) is -2.01. The molecule has 0 unspecified atom stereocenters. The van der Waals surface area contributed by atoms with Crippen LogP contribution in [0.3, 0.4) is 0 Å². The van der Waals surface area contributed by atoms with E-state index in [0.29, 0.717) is 12.4 Å². The van der Waals surface area contributed by atoms with Crippen molar-refractivity contribution in [1.82, 2.24) is 9.71 Å². The van der Waals surface area contributed by atoms with E-state index in [1.807, 2.05) is 0 Å². The monoisotopic (exact) mass is 313 g/mol. The Kier molecular flexibility index (Phi) is 4.71. The number of hydrogen-bond acceptors (Lipinski definition) is 6. The fourth-order valence-electron chi connectivity index (χ4n) is 1.54. The molecule has 0 atom stereocenters. The maximum Gasteiger partial charge on any atom is 0.241 e. The molecule has 0 fully saturated rings. The van der Waals surface area contributed by atoms with Crippen molar-refractivity contribution < 1.29 is 13.2 Å². The number of rotatable bonds is 6. The smallest absolute Gasteiger partial charge is 0.241 e. The van der Waals surface area contributed by atoms with Crippen LogP contribution in [0.25, 0.3) is 0 Å². The highest BCUT2D eigenvalue weighted by atomic mass is 32.2. The molecule has 0 spiro atoms. The van der Waals surface area contributed by atoms with Gasteiger partial charge in [0.05, 0.1) is 12.0 Å². The van der Waals surface area contributed by atoms with Crippen molar-refractivity contribution in [2.75, 3.05) is 7.11 Å². The molecule has 0 saturated heterocycles. The molecule has 108 valence electrons. The summed E-state index contributed by atoms with van der Waals surface area (Å²) in [5.74, 6) is 0.447. The lowest BCUT2D eigenvalue weighted by molar-refractivity contribution is 0.397. The van der Waals surface area contributed by atoms with E-state index in [0.717, 1.165) is 10.4 Å². The Balaban J connectivity index is 2.08. The van der Waals surface area contributed by atoms with Gasteiger partial charge in [0.1, 0.15) is 0 Å². The van der Waals surface area contributed by atoms with E-state index < -0.39 is 10.0 Å². The lowest BCUT2D eigenvalue weighted by Gasteiger charge is -2.06. The Morgan fingerprint density at radius 2 is 2.25 bits per heavy atom. The first-order valence-corrected chi connectivity index (χ1v) is 8.17. The zero-order chi connectivity index (χ0) is 14.6. The molecule has 8 heteroatoms. The normalized spacial score (nSPS) is 11.5. The number of pyridine rings is 1. The maximum absolute atomic E-state index is 12.1. The standard InChI is InChI=1S/C12H15N3O3S2/c1-18-12-4-9(2-3-14-12)7-15-20(16,17)11-5-10(6-13)19-8-11/h2-5,8,15H,6-7,13H2,1H3. The number of nitrogens with one attached hydrogen (secondary N) is 1. The van der Waals surface area contributed by atoms with Gasteiger partial charge in [-0.15, -0.1) is 11.3 Å². The van der Waals surface area contributed by atoms with E-state index in [1.54, 1.807) is 29.8 Å². The van der Waals surface area contributed by atoms with Crippen molar-refractivity contribution in [1.29, 1.82) is 0 Å². The van der Waals surface area contributed by atoms with Crippen molar-refractivity contribution in [3.63, 3.8) is 0 Å². The van der Waals surface area contributed by atoms with E-state index in [2.05, 4.69) is 9.71 Å². The van der Waals surface area contributed by atoms with Crippen LogP contribution in [0.4, 0.5) is 0 Å². The Labute approximate surface area is 121 Å². The topological polar surface area (TPSA) is 94.3 Å². The van der Waals surface area contributed by atoms with Crippen LogP contribution < -0.4 is 15.2 Å². The Morgan fingerprint density at radius 3 is 2.90 bits per heavy atom. The number of methoxy groups -OCH3 is 1. The molecular formula is C12H15N3O3S2. The number of aromatic nitrogens is 1. The highest BCUT2D eigenvalue weighted by Crippen LogP contribution is 2.19. The van der Waals surface area contributed by atoms with Gasteiger partial charge in [-0.05, 0) is 17.7 Å². The minimum Gasteiger partial charge on any atom is -0.481 e. The number of ether oxygens (including phenoxy) is 1. The molecule has 0 bridgehead atoms. The molecule has 2 aromatic rings. The molecule has 2 aromatic heterocycles. The van der Waals surface area contributed by atoms with Crippen molar-refractivity contribution in [3.05, 3.63) is 40.2 Å². The highest BCUT2D eigenvalue weighted by Gasteiger charge is 2.15. The van der Waals surface area contributed by atoms with Gasteiger partial charge in [0.15, 0.2) is 0 Å². The van der Waals surface area contributed by atoms with Crippen molar-refractivity contribution >= 4 is 21.4 Å². The van der Waals surface area contributed by atoms with Gasteiger partial charge in [-0.25, -0.2) is 18.1 Å². The number of hydrogen-bond donors (Lipinski definition) is 2. The van der Waals surface area contributed by atoms with E-state index >= 15 is 0 Å². The van der Waals surface area contributed by atoms with Crippen LogP contribution in [0, 0.1) is 0 Å². The minimum absolute atomic E-state index is 0.176. The summed E-state index contributed by atoms with van der Waals surface area (Å²) in [4.78, 5) is 5.03. The van der Waals surface area contributed by atoms with Gasteiger partial charge in [0, 0.05) is 35.6 Å². The third-order valence-corrected chi connectivity index (χ3v) is 5.10. The number of nitrogens with two attached hydrogens (primary N) is 1. The zero-order valence-corrected chi connectivity index (χ0v) is 12.5. The number of nitrogens with zero attached hydrogens (tertiary/aromatic N) is 1. The summed E-state index contributed by atoms with van der Waals surface area (Å²) in [5, 5.41) is 1.58. The van der Waals surface area contributed by atoms with Gasteiger partial charge in [-0.1, -0.05) is 0 Å². The number of thiophene rings is 1. The van der Waals surface area contributed by atoms with Crippen LogP contribution >= 0.6 is 11.3 Å². The summed E-state index contributed by atoms with van der Waals surface area (Å²) in [6, 6.07) is 4.99. The average molecular weight is 313 g/mol. The van der Waals surface area contributed by atoms with Crippen molar-refractivity contribution in [2.24, 2.45) is 5.73 Å². The zero-order valence-electron chi connectivity index (χ0n) is 10.9. The van der Waals surface area contributed by atoms with Crippen LogP contribution in [0.5, 0.6) is 5.88 Å². The lowest BCUT2D eigenvalue weighted by Crippen LogP contribution is -2.22. The van der Waals surface area contributed by atoms with Crippen molar-refractivity contribution in [2.45, 2.75) is 18.0 Å². The molecule has 0 saturated carbocycles. The van der Waals surface area contributed by atoms with Crippen LogP contribution in [0.2, 0.25) is 0 Å². The maximum atomic E-state index is 12.1. The van der Waals surface area contributed by atoms with Gasteiger partial charge in [-0.3, -0.25) is 0 Å². The summed E-state index contributed by atoms with van der Waals surface area (Å²) < 4.78 is 31.7. The molecule has 0 amide bonds. The summed E-state index contributed by atoms with van der Waals surface area (Å²) >= 11 is 1.33. The third-order valence-electron chi connectivity index (χ3n) is 2.62. The Morgan fingerprint density at radius 1 is 1.45 bits per heavy atom. The molecular weight excluding hydrogens is 298 g/mol. The SMILES string of the molecule is COc1cc(CNS(=O)(=O)c2csc(CN)c2)ccn1. The van der Waals surface area contributed by atoms with Gasteiger partial charge >= 0.3 is 0 Å². The largest absolute Gasteiger partial charge is 0.481 e. The third kappa shape index (κ3) is 3.54. The first-order valence-electron chi connectivity index (χ1n) is 5.81. The molecule has 2 rings (SSSR count).